The van der Waals surface area contributed by atoms with E-state index in [1.54, 1.807) is 6.92 Å². The van der Waals surface area contributed by atoms with Crippen LogP contribution in [0.5, 0.6) is 0 Å². The molecule has 0 aromatic rings. The van der Waals surface area contributed by atoms with Gasteiger partial charge in [0.1, 0.15) is 0 Å². The van der Waals surface area contributed by atoms with Crippen LogP contribution in [0.2, 0.25) is 0 Å². The molecule has 1 saturated carbocycles. The van der Waals surface area contributed by atoms with Crippen LogP contribution >= 0.6 is 24.0 Å². The maximum Gasteiger partial charge on any atom is 0.225 e. The number of nitrogens with zero attached hydrogens (tertiary/aromatic N) is 2. The van der Waals surface area contributed by atoms with Crippen LogP contribution in [0.15, 0.2) is 4.99 Å². The van der Waals surface area contributed by atoms with Gasteiger partial charge in [-0.25, -0.2) is 13.1 Å². The fourth-order valence-electron chi connectivity index (χ4n) is 3.49. The zero-order valence-corrected chi connectivity index (χ0v) is 19.5. The summed E-state index contributed by atoms with van der Waals surface area (Å²) in [6, 6.07) is 0.186. The van der Waals surface area contributed by atoms with E-state index in [4.69, 9.17) is 0 Å². The number of carbonyl (C=O) groups excluding carboxylic acids is 1. The molecule has 1 aliphatic heterocycles. The monoisotopic (exact) mass is 515 g/mol. The molecular weight excluding hydrogens is 481 g/mol. The van der Waals surface area contributed by atoms with Gasteiger partial charge in [0.25, 0.3) is 0 Å². The van der Waals surface area contributed by atoms with Crippen molar-refractivity contribution in [3.8, 4) is 0 Å². The van der Waals surface area contributed by atoms with Gasteiger partial charge in [-0.2, -0.15) is 0 Å². The van der Waals surface area contributed by atoms with Gasteiger partial charge in [-0.3, -0.25) is 9.79 Å². The topological polar surface area (TPSA) is 103 Å². The Morgan fingerprint density at radius 1 is 1.19 bits per heavy atom. The van der Waals surface area contributed by atoms with E-state index in [-0.39, 0.29) is 48.2 Å². The summed E-state index contributed by atoms with van der Waals surface area (Å²) in [5, 5.41) is 6.55. The Labute approximate surface area is 180 Å². The number of guanidine groups is 1. The van der Waals surface area contributed by atoms with E-state index >= 15 is 0 Å². The fourth-order valence-corrected chi connectivity index (χ4v) is 4.10. The highest BCUT2D eigenvalue weighted by Crippen LogP contribution is 2.27. The summed E-state index contributed by atoms with van der Waals surface area (Å²) in [5.74, 6) is 1.27. The lowest BCUT2D eigenvalue weighted by Crippen LogP contribution is -2.45. The van der Waals surface area contributed by atoms with E-state index in [2.05, 4.69) is 20.3 Å². The van der Waals surface area contributed by atoms with E-state index in [1.807, 2.05) is 11.8 Å². The van der Waals surface area contributed by atoms with Crippen molar-refractivity contribution in [2.45, 2.75) is 52.0 Å². The minimum atomic E-state index is -3.18. The second kappa shape index (κ2) is 12.1. The average Bonchev–Trinajstić information content (AvgIpc) is 3.30. The highest BCUT2D eigenvalue weighted by Gasteiger charge is 2.32. The highest BCUT2D eigenvalue weighted by atomic mass is 127. The lowest BCUT2D eigenvalue weighted by Gasteiger charge is -2.21. The Balaban J connectivity index is 0.00000364. The van der Waals surface area contributed by atoms with Crippen molar-refractivity contribution in [2.24, 2.45) is 10.9 Å². The molecule has 0 aromatic heterocycles. The summed E-state index contributed by atoms with van der Waals surface area (Å²) in [7, 11) is -3.18. The molecule has 3 N–H and O–H groups in total. The molecule has 10 heteroatoms. The normalized spacial score (nSPS) is 21.2. The van der Waals surface area contributed by atoms with Gasteiger partial charge in [0.15, 0.2) is 5.96 Å². The van der Waals surface area contributed by atoms with Crippen LogP contribution in [0.4, 0.5) is 0 Å². The summed E-state index contributed by atoms with van der Waals surface area (Å²) in [5.41, 5.74) is 0. The zero-order valence-electron chi connectivity index (χ0n) is 16.4. The number of carbonyl (C=O) groups is 1. The number of amides is 1. The summed E-state index contributed by atoms with van der Waals surface area (Å²) < 4.78 is 25.4. The van der Waals surface area contributed by atoms with Crippen LogP contribution in [0.1, 0.15) is 46.0 Å². The molecule has 8 nitrogen and oxygen atoms in total. The Hall–Kier alpha value is -0.620. The molecule has 0 aromatic carbocycles. The molecule has 2 aliphatic rings. The third kappa shape index (κ3) is 8.10. The van der Waals surface area contributed by atoms with Crippen molar-refractivity contribution in [3.05, 3.63) is 0 Å². The molecule has 1 heterocycles. The van der Waals surface area contributed by atoms with Gasteiger partial charge in [-0.1, -0.05) is 12.8 Å². The second-order valence-corrected chi connectivity index (χ2v) is 9.05. The minimum Gasteiger partial charge on any atom is -0.357 e. The molecule has 2 rings (SSSR count). The first-order chi connectivity index (χ1) is 12.4. The number of rotatable bonds is 8. The van der Waals surface area contributed by atoms with E-state index in [0.29, 0.717) is 25.0 Å². The Morgan fingerprint density at radius 3 is 2.52 bits per heavy atom. The Bertz CT molecular complexity index is 593. The second-order valence-electron chi connectivity index (χ2n) is 6.95. The van der Waals surface area contributed by atoms with Crippen molar-refractivity contribution in [3.63, 3.8) is 0 Å². The molecule has 1 amide bonds. The first-order valence-electron chi connectivity index (χ1n) is 9.76. The van der Waals surface area contributed by atoms with Gasteiger partial charge < -0.3 is 15.5 Å². The number of nitrogens with one attached hydrogen (secondary N) is 3. The van der Waals surface area contributed by atoms with Crippen LogP contribution in [-0.4, -0.2) is 69.7 Å². The standard InChI is InChI=1S/C17H33N5O3S.HI/c1-3-18-17(19-10-11-20-26(24,25)4-2)21-15-9-12-22(13-15)16(23)14-7-5-6-8-14;/h14-15,20H,3-13H2,1-2H3,(H2,18,19,21);1H. The largest absolute Gasteiger partial charge is 0.357 e. The van der Waals surface area contributed by atoms with Crippen molar-refractivity contribution in [1.29, 1.82) is 0 Å². The summed E-state index contributed by atoms with van der Waals surface area (Å²) >= 11 is 0. The van der Waals surface area contributed by atoms with Crippen LogP contribution in [0.3, 0.4) is 0 Å². The van der Waals surface area contributed by atoms with E-state index < -0.39 is 10.0 Å². The van der Waals surface area contributed by atoms with Gasteiger partial charge in [0.05, 0.1) is 12.3 Å². The number of likely N-dealkylation sites (tertiary alicyclic amines) is 1. The lowest BCUT2D eigenvalue weighted by molar-refractivity contribution is -0.134. The summed E-state index contributed by atoms with van der Waals surface area (Å²) in [6.07, 6.45) is 5.32. The predicted molar refractivity (Wildman–Crippen MR) is 119 cm³/mol. The Morgan fingerprint density at radius 2 is 1.89 bits per heavy atom. The van der Waals surface area contributed by atoms with Crippen LogP contribution < -0.4 is 15.4 Å². The molecule has 0 radical (unpaired) electrons. The number of hydrogen-bond acceptors (Lipinski definition) is 4. The van der Waals surface area contributed by atoms with Crippen LogP contribution in [0.25, 0.3) is 0 Å². The average molecular weight is 515 g/mol. The van der Waals surface area contributed by atoms with Crippen molar-refractivity contribution in [1.82, 2.24) is 20.3 Å². The first-order valence-corrected chi connectivity index (χ1v) is 11.4. The zero-order chi connectivity index (χ0) is 19.0. The van der Waals surface area contributed by atoms with Gasteiger partial charge in [-0.05, 0) is 33.1 Å². The van der Waals surface area contributed by atoms with Gasteiger partial charge in [0, 0.05) is 38.1 Å². The molecule has 158 valence electrons. The van der Waals surface area contributed by atoms with Crippen molar-refractivity contribution >= 4 is 45.9 Å². The molecular formula is C17H34IN5O3S. The number of sulfonamides is 1. The quantitative estimate of drug-likeness (QED) is 0.193. The minimum absolute atomic E-state index is 0. The first kappa shape index (κ1) is 24.4. The van der Waals surface area contributed by atoms with Gasteiger partial charge >= 0.3 is 0 Å². The SMILES string of the molecule is CCNC(=NCCNS(=O)(=O)CC)NC1CCN(C(=O)C2CCCC2)C1.I. The highest BCUT2D eigenvalue weighted by molar-refractivity contribution is 14.0. The summed E-state index contributed by atoms with van der Waals surface area (Å²) in [4.78, 5) is 18.9. The maximum absolute atomic E-state index is 12.5. The lowest BCUT2D eigenvalue weighted by atomic mass is 10.1. The predicted octanol–water partition coefficient (Wildman–Crippen LogP) is 0.890. The molecule has 2 fully saturated rings. The third-order valence-corrected chi connectivity index (χ3v) is 6.38. The molecule has 0 spiro atoms. The van der Waals surface area contributed by atoms with E-state index in [0.717, 1.165) is 32.4 Å². The van der Waals surface area contributed by atoms with E-state index in [1.165, 1.54) is 12.8 Å². The van der Waals surface area contributed by atoms with Crippen LogP contribution in [-0.2, 0) is 14.8 Å². The smallest absolute Gasteiger partial charge is 0.225 e. The molecule has 0 bridgehead atoms. The fraction of sp³-hybridized carbons (Fsp3) is 0.882. The third-order valence-electron chi connectivity index (χ3n) is 4.97. The molecule has 27 heavy (non-hydrogen) atoms. The van der Waals surface area contributed by atoms with Gasteiger partial charge in [-0.15, -0.1) is 24.0 Å². The van der Waals surface area contributed by atoms with Crippen molar-refractivity contribution < 1.29 is 13.2 Å². The number of aliphatic imine (C=N–C) groups is 1. The van der Waals surface area contributed by atoms with Crippen molar-refractivity contribution in [2.75, 3.05) is 38.5 Å². The van der Waals surface area contributed by atoms with E-state index in [9.17, 15) is 13.2 Å². The summed E-state index contributed by atoms with van der Waals surface area (Å²) in [6.45, 7) is 6.47. The molecule has 1 atom stereocenters. The number of hydrogen-bond donors (Lipinski definition) is 3. The molecule has 1 aliphatic carbocycles. The number of halogens is 1. The van der Waals surface area contributed by atoms with Gasteiger partial charge in [0.2, 0.25) is 15.9 Å². The molecule has 1 unspecified atom stereocenters. The maximum atomic E-state index is 12.5. The molecule has 1 saturated heterocycles. The van der Waals surface area contributed by atoms with Crippen LogP contribution in [0, 0.1) is 5.92 Å². The Kier molecular flexibility index (Phi) is 10.9.